The van der Waals surface area contributed by atoms with E-state index < -0.39 is 20.5 Å². The van der Waals surface area contributed by atoms with E-state index in [4.69, 9.17) is 0 Å². The molecule has 0 aromatic heterocycles. The number of nitro benzene ring substituents is 1. The maximum absolute atomic E-state index is 11.9. The molecule has 0 heterocycles. The highest BCUT2D eigenvalue weighted by Crippen LogP contribution is 2.31. The molecule has 1 aliphatic rings. The van der Waals surface area contributed by atoms with E-state index >= 15 is 0 Å². The number of hydrogen-bond acceptors (Lipinski definition) is 5. The number of aliphatic hydroxyl groups is 1. The van der Waals surface area contributed by atoms with E-state index in [0.29, 0.717) is 12.8 Å². The van der Waals surface area contributed by atoms with Gasteiger partial charge < -0.3 is 5.11 Å². The Morgan fingerprint density at radius 3 is 2.63 bits per heavy atom. The first kappa shape index (κ1) is 13.9. The molecule has 0 radical (unpaired) electrons. The highest BCUT2D eigenvalue weighted by Gasteiger charge is 2.35. The molecular weight excluding hydrogens is 272 g/mol. The SMILES string of the molecule is O=[N+]([O-])c1cccc(S(=O)(=O)NCC2(O)CCC2)c1. The summed E-state index contributed by atoms with van der Waals surface area (Å²) in [4.78, 5) is 9.77. The molecular formula is C11H14N2O5S. The van der Waals surface area contributed by atoms with E-state index in [9.17, 15) is 23.6 Å². The van der Waals surface area contributed by atoms with Crippen LogP contribution in [0.15, 0.2) is 29.2 Å². The van der Waals surface area contributed by atoms with Crippen molar-refractivity contribution >= 4 is 15.7 Å². The van der Waals surface area contributed by atoms with Crippen LogP contribution in [0.25, 0.3) is 0 Å². The van der Waals surface area contributed by atoms with E-state index in [2.05, 4.69) is 4.72 Å². The van der Waals surface area contributed by atoms with Crippen LogP contribution in [0.3, 0.4) is 0 Å². The topological polar surface area (TPSA) is 110 Å². The predicted molar refractivity (Wildman–Crippen MR) is 67.1 cm³/mol. The Hall–Kier alpha value is -1.51. The lowest BCUT2D eigenvalue weighted by Gasteiger charge is -2.36. The molecule has 104 valence electrons. The summed E-state index contributed by atoms with van der Waals surface area (Å²) in [5.41, 5.74) is -1.27. The lowest BCUT2D eigenvalue weighted by molar-refractivity contribution is -0.385. The third-order valence-corrected chi connectivity index (χ3v) is 4.61. The summed E-state index contributed by atoms with van der Waals surface area (Å²) < 4.78 is 26.2. The molecule has 0 amide bonds. The smallest absolute Gasteiger partial charge is 0.270 e. The van der Waals surface area contributed by atoms with E-state index in [-0.39, 0.29) is 17.1 Å². The van der Waals surface area contributed by atoms with Gasteiger partial charge in [0.2, 0.25) is 10.0 Å². The molecule has 0 unspecified atom stereocenters. The summed E-state index contributed by atoms with van der Waals surface area (Å²) in [6.45, 7) is -0.0714. The van der Waals surface area contributed by atoms with Gasteiger partial charge in [0.1, 0.15) is 0 Å². The maximum atomic E-state index is 11.9. The number of nitrogens with zero attached hydrogens (tertiary/aromatic N) is 1. The van der Waals surface area contributed by atoms with Gasteiger partial charge in [0.05, 0.1) is 15.4 Å². The van der Waals surface area contributed by atoms with E-state index in [1.165, 1.54) is 18.2 Å². The molecule has 2 N–H and O–H groups in total. The Bertz CT molecular complexity index is 595. The fourth-order valence-electron chi connectivity index (χ4n) is 1.84. The van der Waals surface area contributed by atoms with Crippen molar-refractivity contribution in [2.45, 2.75) is 29.8 Å². The molecule has 8 heteroatoms. The molecule has 1 aromatic carbocycles. The van der Waals surface area contributed by atoms with Crippen LogP contribution >= 0.6 is 0 Å². The van der Waals surface area contributed by atoms with Gasteiger partial charge in [-0.15, -0.1) is 0 Å². The largest absolute Gasteiger partial charge is 0.389 e. The minimum atomic E-state index is -3.84. The second-order valence-corrected chi connectivity index (χ2v) is 6.42. The molecule has 0 bridgehead atoms. The summed E-state index contributed by atoms with van der Waals surface area (Å²) in [7, 11) is -3.84. The van der Waals surface area contributed by atoms with Gasteiger partial charge >= 0.3 is 0 Å². The van der Waals surface area contributed by atoms with Crippen LogP contribution in [0.1, 0.15) is 19.3 Å². The third-order valence-electron chi connectivity index (χ3n) is 3.21. The Balaban J connectivity index is 2.14. The number of sulfonamides is 1. The Labute approximate surface area is 110 Å². The first-order chi connectivity index (χ1) is 8.82. The lowest BCUT2D eigenvalue weighted by Crippen LogP contribution is -2.47. The summed E-state index contributed by atoms with van der Waals surface area (Å²) in [5, 5.41) is 20.4. The van der Waals surface area contributed by atoms with Gasteiger partial charge in [-0.1, -0.05) is 6.07 Å². The molecule has 0 saturated heterocycles. The van der Waals surface area contributed by atoms with Crippen LogP contribution in [0.2, 0.25) is 0 Å². The average Bonchev–Trinajstić information content (AvgIpc) is 2.34. The summed E-state index contributed by atoms with van der Waals surface area (Å²) in [6.07, 6.45) is 1.99. The van der Waals surface area contributed by atoms with Crippen LogP contribution in [-0.2, 0) is 10.0 Å². The highest BCUT2D eigenvalue weighted by molar-refractivity contribution is 7.89. The first-order valence-electron chi connectivity index (χ1n) is 5.79. The fraction of sp³-hybridized carbons (Fsp3) is 0.455. The maximum Gasteiger partial charge on any atom is 0.270 e. The van der Waals surface area contributed by atoms with Crippen LogP contribution in [0.4, 0.5) is 5.69 Å². The first-order valence-corrected chi connectivity index (χ1v) is 7.27. The second kappa shape index (κ2) is 4.87. The van der Waals surface area contributed by atoms with Crippen molar-refractivity contribution in [3.8, 4) is 0 Å². The number of benzene rings is 1. The normalized spacial score (nSPS) is 17.7. The Kier molecular flexibility index (Phi) is 3.57. The predicted octanol–water partition coefficient (Wildman–Crippen LogP) is 0.788. The molecule has 1 fully saturated rings. The van der Waals surface area contributed by atoms with Crippen molar-refractivity contribution in [3.05, 3.63) is 34.4 Å². The van der Waals surface area contributed by atoms with Crippen molar-refractivity contribution in [1.29, 1.82) is 0 Å². The molecule has 19 heavy (non-hydrogen) atoms. The van der Waals surface area contributed by atoms with Crippen LogP contribution in [0.5, 0.6) is 0 Å². The molecule has 0 aliphatic heterocycles. The van der Waals surface area contributed by atoms with E-state index in [1.807, 2.05) is 0 Å². The van der Waals surface area contributed by atoms with Crippen molar-refractivity contribution in [1.82, 2.24) is 4.72 Å². The van der Waals surface area contributed by atoms with E-state index in [0.717, 1.165) is 12.5 Å². The summed E-state index contributed by atoms with van der Waals surface area (Å²) in [5.74, 6) is 0. The van der Waals surface area contributed by atoms with Gasteiger partial charge in [-0.2, -0.15) is 0 Å². The quantitative estimate of drug-likeness (QED) is 0.614. The molecule has 1 aromatic rings. The minimum Gasteiger partial charge on any atom is -0.389 e. The zero-order chi connectivity index (χ0) is 14.1. The van der Waals surface area contributed by atoms with Gasteiger partial charge in [0, 0.05) is 18.7 Å². The van der Waals surface area contributed by atoms with Gasteiger partial charge in [-0.25, -0.2) is 13.1 Å². The Morgan fingerprint density at radius 1 is 1.42 bits per heavy atom. The number of nitrogens with one attached hydrogen (secondary N) is 1. The molecule has 1 saturated carbocycles. The third kappa shape index (κ3) is 3.09. The van der Waals surface area contributed by atoms with Gasteiger partial charge in [0.25, 0.3) is 5.69 Å². The van der Waals surface area contributed by atoms with Crippen molar-refractivity contribution in [2.24, 2.45) is 0 Å². The van der Waals surface area contributed by atoms with Crippen molar-refractivity contribution < 1.29 is 18.4 Å². The van der Waals surface area contributed by atoms with E-state index in [1.54, 1.807) is 0 Å². The average molecular weight is 286 g/mol. The zero-order valence-corrected chi connectivity index (χ0v) is 10.9. The monoisotopic (exact) mass is 286 g/mol. The summed E-state index contributed by atoms with van der Waals surface area (Å²) in [6, 6.07) is 4.80. The minimum absolute atomic E-state index is 0.0714. The van der Waals surface area contributed by atoms with Gasteiger partial charge in [-0.3, -0.25) is 10.1 Å². The van der Waals surface area contributed by atoms with Crippen LogP contribution in [-0.4, -0.2) is 30.6 Å². The van der Waals surface area contributed by atoms with Crippen molar-refractivity contribution in [3.63, 3.8) is 0 Å². The van der Waals surface area contributed by atoms with Crippen LogP contribution < -0.4 is 4.72 Å². The molecule has 2 rings (SSSR count). The molecule has 0 atom stereocenters. The number of nitro groups is 1. The van der Waals surface area contributed by atoms with Gasteiger partial charge in [-0.05, 0) is 25.3 Å². The lowest BCUT2D eigenvalue weighted by atomic mass is 9.81. The Morgan fingerprint density at radius 2 is 2.11 bits per heavy atom. The fourth-order valence-corrected chi connectivity index (χ4v) is 3.00. The number of rotatable bonds is 5. The zero-order valence-electron chi connectivity index (χ0n) is 10.1. The molecule has 7 nitrogen and oxygen atoms in total. The number of hydrogen-bond donors (Lipinski definition) is 2. The number of non-ortho nitro benzene ring substituents is 1. The molecule has 1 aliphatic carbocycles. The second-order valence-electron chi connectivity index (χ2n) is 4.66. The van der Waals surface area contributed by atoms with Crippen molar-refractivity contribution in [2.75, 3.05) is 6.54 Å². The summed E-state index contributed by atoms with van der Waals surface area (Å²) >= 11 is 0. The highest BCUT2D eigenvalue weighted by atomic mass is 32.2. The van der Waals surface area contributed by atoms with Crippen LogP contribution in [0, 0.1) is 10.1 Å². The van der Waals surface area contributed by atoms with Gasteiger partial charge in [0.15, 0.2) is 0 Å². The standard InChI is InChI=1S/C11H14N2O5S/c14-11(5-2-6-11)8-12-19(17,18)10-4-1-3-9(7-10)13(15)16/h1,3-4,7,12,14H,2,5-6,8H2. The molecule has 0 spiro atoms.